The van der Waals surface area contributed by atoms with Crippen molar-refractivity contribution in [2.24, 2.45) is 0 Å². The summed E-state index contributed by atoms with van der Waals surface area (Å²) in [6.07, 6.45) is 6.18. The van der Waals surface area contributed by atoms with E-state index in [1.165, 1.54) is 32.1 Å². The molecule has 6 heteroatoms. The van der Waals surface area contributed by atoms with Crippen molar-refractivity contribution < 1.29 is 9.47 Å². The number of fused-ring (bicyclic) bond motifs is 1. The molecular formula is C23H24N4O2. The minimum Gasteiger partial charge on any atom is -0.454 e. The number of nitrogens with zero attached hydrogens (tertiary/aromatic N) is 2. The molecule has 1 aliphatic carbocycles. The zero-order chi connectivity index (χ0) is 19.5. The maximum absolute atomic E-state index is 5.49. The van der Waals surface area contributed by atoms with E-state index in [0.717, 1.165) is 34.3 Å². The second-order valence-electron chi connectivity index (χ2n) is 7.50. The SMILES string of the molecule is c1ccc(-c2cc(Nc3ccc4c(c3)OCO4)nc(NC3CCCCC3)n2)cc1. The van der Waals surface area contributed by atoms with Crippen molar-refractivity contribution in [1.82, 2.24) is 9.97 Å². The largest absolute Gasteiger partial charge is 0.454 e. The van der Waals surface area contributed by atoms with Crippen LogP contribution in [-0.2, 0) is 0 Å². The third-order valence-corrected chi connectivity index (χ3v) is 5.38. The zero-order valence-electron chi connectivity index (χ0n) is 16.2. The van der Waals surface area contributed by atoms with Crippen molar-refractivity contribution >= 4 is 17.5 Å². The third kappa shape index (κ3) is 4.11. The first-order chi connectivity index (χ1) is 14.3. The van der Waals surface area contributed by atoms with Gasteiger partial charge in [-0.05, 0) is 25.0 Å². The Balaban J connectivity index is 1.45. The molecule has 1 saturated carbocycles. The highest BCUT2D eigenvalue weighted by molar-refractivity contribution is 5.68. The lowest BCUT2D eigenvalue weighted by Gasteiger charge is -2.23. The minimum atomic E-state index is 0.264. The Morgan fingerprint density at radius 1 is 0.828 bits per heavy atom. The summed E-state index contributed by atoms with van der Waals surface area (Å²) in [4.78, 5) is 9.53. The molecule has 0 amide bonds. The second-order valence-corrected chi connectivity index (χ2v) is 7.50. The minimum absolute atomic E-state index is 0.264. The van der Waals surface area contributed by atoms with Crippen molar-refractivity contribution in [2.45, 2.75) is 38.1 Å². The molecule has 0 saturated heterocycles. The van der Waals surface area contributed by atoms with E-state index in [4.69, 9.17) is 19.4 Å². The van der Waals surface area contributed by atoms with E-state index < -0.39 is 0 Å². The van der Waals surface area contributed by atoms with Gasteiger partial charge in [0.1, 0.15) is 5.82 Å². The van der Waals surface area contributed by atoms with Crippen LogP contribution in [0.1, 0.15) is 32.1 Å². The van der Waals surface area contributed by atoms with Crippen LogP contribution in [0.25, 0.3) is 11.3 Å². The maximum atomic E-state index is 5.49. The van der Waals surface area contributed by atoms with Crippen LogP contribution in [0.5, 0.6) is 11.5 Å². The lowest BCUT2D eigenvalue weighted by atomic mass is 9.96. The van der Waals surface area contributed by atoms with Gasteiger partial charge in [0.05, 0.1) is 5.69 Å². The second kappa shape index (κ2) is 7.99. The summed E-state index contributed by atoms with van der Waals surface area (Å²) >= 11 is 0. The van der Waals surface area contributed by atoms with E-state index in [9.17, 15) is 0 Å². The average Bonchev–Trinajstić information content (AvgIpc) is 3.23. The van der Waals surface area contributed by atoms with Gasteiger partial charge in [0.25, 0.3) is 0 Å². The van der Waals surface area contributed by atoms with Gasteiger partial charge < -0.3 is 20.1 Å². The molecule has 3 aromatic rings. The Hall–Kier alpha value is -3.28. The van der Waals surface area contributed by atoms with Crippen molar-refractivity contribution in [3.8, 4) is 22.8 Å². The molecule has 1 fully saturated rings. The summed E-state index contributed by atoms with van der Waals surface area (Å²) in [6.45, 7) is 0.264. The van der Waals surface area contributed by atoms with E-state index in [-0.39, 0.29) is 6.79 Å². The first-order valence-corrected chi connectivity index (χ1v) is 10.2. The Kier molecular flexibility index (Phi) is 4.90. The molecule has 2 aromatic carbocycles. The fourth-order valence-electron chi connectivity index (χ4n) is 3.88. The molecular weight excluding hydrogens is 364 g/mol. The molecule has 2 aliphatic rings. The molecule has 0 spiro atoms. The van der Waals surface area contributed by atoms with E-state index in [2.05, 4.69) is 22.8 Å². The average molecular weight is 388 g/mol. The van der Waals surface area contributed by atoms with E-state index in [1.54, 1.807) is 0 Å². The highest BCUT2D eigenvalue weighted by Gasteiger charge is 2.17. The number of ether oxygens (including phenoxy) is 2. The molecule has 2 heterocycles. The van der Waals surface area contributed by atoms with Crippen molar-refractivity contribution in [2.75, 3.05) is 17.4 Å². The predicted octanol–water partition coefficient (Wildman–Crippen LogP) is 5.36. The number of hydrogen-bond donors (Lipinski definition) is 2. The number of hydrogen-bond acceptors (Lipinski definition) is 6. The number of benzene rings is 2. The normalized spacial score (nSPS) is 15.9. The van der Waals surface area contributed by atoms with E-state index in [1.807, 2.05) is 42.5 Å². The van der Waals surface area contributed by atoms with Gasteiger partial charge >= 0.3 is 0 Å². The molecule has 1 aromatic heterocycles. The molecule has 6 nitrogen and oxygen atoms in total. The molecule has 1 aliphatic heterocycles. The first-order valence-electron chi connectivity index (χ1n) is 10.2. The van der Waals surface area contributed by atoms with Crippen LogP contribution in [0, 0.1) is 0 Å². The number of aromatic nitrogens is 2. The maximum Gasteiger partial charge on any atom is 0.231 e. The molecule has 0 radical (unpaired) electrons. The topological polar surface area (TPSA) is 68.3 Å². The monoisotopic (exact) mass is 388 g/mol. The molecule has 0 atom stereocenters. The zero-order valence-corrected chi connectivity index (χ0v) is 16.2. The van der Waals surface area contributed by atoms with Crippen molar-refractivity contribution in [3.05, 3.63) is 54.6 Å². The summed E-state index contributed by atoms with van der Waals surface area (Å²) in [7, 11) is 0. The third-order valence-electron chi connectivity index (χ3n) is 5.38. The summed E-state index contributed by atoms with van der Waals surface area (Å²) in [5.41, 5.74) is 2.85. The Morgan fingerprint density at radius 2 is 1.66 bits per heavy atom. The van der Waals surface area contributed by atoms with Crippen molar-refractivity contribution in [3.63, 3.8) is 0 Å². The summed E-state index contributed by atoms with van der Waals surface area (Å²) in [5.74, 6) is 2.92. The highest BCUT2D eigenvalue weighted by atomic mass is 16.7. The Morgan fingerprint density at radius 3 is 2.52 bits per heavy atom. The number of nitrogens with one attached hydrogen (secondary N) is 2. The molecule has 5 rings (SSSR count). The molecule has 0 bridgehead atoms. The van der Waals surface area contributed by atoms with Gasteiger partial charge in [0, 0.05) is 29.4 Å². The molecule has 2 N–H and O–H groups in total. The molecule has 148 valence electrons. The fourth-order valence-corrected chi connectivity index (χ4v) is 3.88. The van der Waals surface area contributed by atoms with Crippen LogP contribution in [0.4, 0.5) is 17.5 Å². The fraction of sp³-hybridized carbons (Fsp3) is 0.304. The van der Waals surface area contributed by atoms with Gasteiger partial charge in [-0.1, -0.05) is 49.6 Å². The number of anilines is 3. The lowest BCUT2D eigenvalue weighted by molar-refractivity contribution is 0.174. The number of rotatable bonds is 5. The molecule has 0 unspecified atom stereocenters. The predicted molar refractivity (Wildman–Crippen MR) is 114 cm³/mol. The van der Waals surface area contributed by atoms with Gasteiger partial charge in [-0.3, -0.25) is 0 Å². The molecule has 29 heavy (non-hydrogen) atoms. The van der Waals surface area contributed by atoms with E-state index in [0.29, 0.717) is 12.0 Å². The van der Waals surface area contributed by atoms with Gasteiger partial charge in [0.2, 0.25) is 12.7 Å². The van der Waals surface area contributed by atoms with Gasteiger partial charge in [-0.15, -0.1) is 0 Å². The van der Waals surface area contributed by atoms with Crippen LogP contribution in [-0.4, -0.2) is 22.8 Å². The summed E-state index contributed by atoms with van der Waals surface area (Å²) in [5, 5.41) is 6.95. The van der Waals surface area contributed by atoms with Gasteiger partial charge in [-0.2, -0.15) is 4.98 Å². The van der Waals surface area contributed by atoms with Gasteiger partial charge in [-0.25, -0.2) is 4.98 Å². The summed E-state index contributed by atoms with van der Waals surface area (Å²) in [6, 6.07) is 18.4. The quantitative estimate of drug-likeness (QED) is 0.613. The Bertz CT molecular complexity index is 987. The highest BCUT2D eigenvalue weighted by Crippen LogP contribution is 2.35. The van der Waals surface area contributed by atoms with Crippen LogP contribution in [0.15, 0.2) is 54.6 Å². The summed E-state index contributed by atoms with van der Waals surface area (Å²) < 4.78 is 10.9. The van der Waals surface area contributed by atoms with Crippen molar-refractivity contribution in [1.29, 1.82) is 0 Å². The van der Waals surface area contributed by atoms with Crippen LogP contribution >= 0.6 is 0 Å². The standard InChI is InChI=1S/C23H24N4O2/c1-3-7-16(8-4-1)19-14-22(24-18-11-12-20-21(13-18)29-15-28-20)27-23(26-19)25-17-9-5-2-6-10-17/h1,3-4,7-8,11-14,17H,2,5-6,9-10,15H2,(H2,24,25,26,27). The van der Waals surface area contributed by atoms with Crippen LogP contribution in [0.2, 0.25) is 0 Å². The van der Waals surface area contributed by atoms with E-state index >= 15 is 0 Å². The van der Waals surface area contributed by atoms with Crippen LogP contribution in [0.3, 0.4) is 0 Å². The Labute approximate surface area is 170 Å². The smallest absolute Gasteiger partial charge is 0.231 e. The van der Waals surface area contributed by atoms with Gasteiger partial charge in [0.15, 0.2) is 11.5 Å². The lowest BCUT2D eigenvalue weighted by Crippen LogP contribution is -2.23. The first kappa shape index (κ1) is 17.8. The van der Waals surface area contributed by atoms with Crippen LogP contribution < -0.4 is 20.1 Å².